The lowest BCUT2D eigenvalue weighted by atomic mass is 10.3. The highest BCUT2D eigenvalue weighted by Crippen LogP contribution is 2.05. The minimum Gasteiger partial charge on any atom is -0.365 e. The van der Waals surface area contributed by atoms with Gasteiger partial charge in [-0.2, -0.15) is 0 Å². The van der Waals surface area contributed by atoms with E-state index in [-0.39, 0.29) is 0 Å². The van der Waals surface area contributed by atoms with Gasteiger partial charge < -0.3 is 4.52 Å². The lowest BCUT2D eigenvalue weighted by Crippen LogP contribution is -1.95. The van der Waals surface area contributed by atoms with Crippen molar-refractivity contribution in [2.75, 3.05) is 0 Å². The van der Waals surface area contributed by atoms with Crippen LogP contribution in [0.15, 0.2) is 16.9 Å². The van der Waals surface area contributed by atoms with Crippen LogP contribution in [0, 0.1) is 0 Å². The molecule has 0 aliphatic rings. The summed E-state index contributed by atoms with van der Waals surface area (Å²) in [6, 6.07) is 1.87. The summed E-state index contributed by atoms with van der Waals surface area (Å²) in [5, 5.41) is 3.75. The van der Waals surface area contributed by atoms with Crippen LogP contribution in [0.4, 0.5) is 0 Å². The smallest absolute Gasteiger partial charge is 0.124 e. The molecule has 0 bridgehead atoms. The Morgan fingerprint density at radius 3 is 3.11 bits per heavy atom. The van der Waals surface area contributed by atoms with Gasteiger partial charge in [0.1, 0.15) is 6.26 Å². The molecule has 50 valence electrons. The third-order valence-electron chi connectivity index (χ3n) is 0.982. The summed E-state index contributed by atoms with van der Waals surface area (Å²) in [5.41, 5.74) is 0.999. The van der Waals surface area contributed by atoms with Crippen molar-refractivity contribution in [2.45, 2.75) is 18.2 Å². The summed E-state index contributed by atoms with van der Waals surface area (Å²) in [4.78, 5) is 0.475. The monoisotopic (exact) mass is 189 g/mol. The third-order valence-corrected chi connectivity index (χ3v) is 1.31. The van der Waals surface area contributed by atoms with Gasteiger partial charge in [0.2, 0.25) is 0 Å². The summed E-state index contributed by atoms with van der Waals surface area (Å²) in [6.45, 7) is 2.08. The van der Waals surface area contributed by atoms with Crippen molar-refractivity contribution in [2.24, 2.45) is 0 Å². The van der Waals surface area contributed by atoms with E-state index in [0.717, 1.165) is 12.1 Å². The summed E-state index contributed by atoms with van der Waals surface area (Å²) in [5.74, 6) is 0. The Hall–Kier alpha value is -0.310. The first-order chi connectivity index (χ1) is 4.29. The number of hydrogen-bond donors (Lipinski definition) is 0. The summed E-state index contributed by atoms with van der Waals surface area (Å²) < 4.78 is 4.64. The predicted octanol–water partition coefficient (Wildman–Crippen LogP) is 2.00. The van der Waals surface area contributed by atoms with Gasteiger partial charge in [0.15, 0.2) is 0 Å². The number of rotatable bonds is 2. The second kappa shape index (κ2) is 3.01. The van der Waals surface area contributed by atoms with Gasteiger partial charge in [0, 0.05) is 17.3 Å². The van der Waals surface area contributed by atoms with Gasteiger partial charge in [-0.1, -0.05) is 28.0 Å². The zero-order valence-corrected chi connectivity index (χ0v) is 6.76. The number of aromatic nitrogens is 1. The first-order valence-corrected chi connectivity index (χ1v) is 3.74. The molecule has 2 nitrogen and oxygen atoms in total. The molecule has 0 fully saturated rings. The fraction of sp³-hybridized carbons (Fsp3) is 0.500. The van der Waals surface area contributed by atoms with Crippen LogP contribution in [-0.4, -0.2) is 9.98 Å². The quantitative estimate of drug-likeness (QED) is 0.666. The largest absolute Gasteiger partial charge is 0.365 e. The van der Waals surface area contributed by atoms with Crippen molar-refractivity contribution < 1.29 is 4.52 Å². The summed E-state index contributed by atoms with van der Waals surface area (Å²) in [6.07, 6.45) is 2.52. The van der Waals surface area contributed by atoms with Crippen LogP contribution in [0.2, 0.25) is 0 Å². The van der Waals surface area contributed by atoms with Crippen molar-refractivity contribution in [3.8, 4) is 0 Å². The second-order valence-electron chi connectivity index (χ2n) is 1.98. The molecule has 1 unspecified atom stereocenters. The molecule has 0 spiro atoms. The van der Waals surface area contributed by atoms with Crippen LogP contribution in [-0.2, 0) is 6.42 Å². The van der Waals surface area contributed by atoms with Crippen LogP contribution >= 0.6 is 15.9 Å². The minimum atomic E-state index is 0.475. The molecule has 3 heteroatoms. The van der Waals surface area contributed by atoms with E-state index in [9.17, 15) is 0 Å². The normalized spacial score (nSPS) is 13.6. The van der Waals surface area contributed by atoms with E-state index in [0.29, 0.717) is 4.83 Å². The van der Waals surface area contributed by atoms with Gasteiger partial charge in [-0.3, -0.25) is 0 Å². The lowest BCUT2D eigenvalue weighted by molar-refractivity contribution is 0.411. The Morgan fingerprint density at radius 1 is 1.89 bits per heavy atom. The molecule has 0 N–H and O–H groups in total. The molecule has 1 aromatic rings. The second-order valence-corrected chi connectivity index (χ2v) is 3.54. The number of alkyl halides is 1. The molecular weight excluding hydrogens is 182 g/mol. The van der Waals surface area contributed by atoms with Crippen LogP contribution in [0.3, 0.4) is 0 Å². The highest BCUT2D eigenvalue weighted by atomic mass is 79.9. The zero-order valence-electron chi connectivity index (χ0n) is 5.17. The van der Waals surface area contributed by atoms with Gasteiger partial charge in [-0.15, -0.1) is 0 Å². The highest BCUT2D eigenvalue weighted by Gasteiger charge is 1.99. The zero-order chi connectivity index (χ0) is 6.69. The Morgan fingerprint density at radius 2 is 2.67 bits per heavy atom. The summed E-state index contributed by atoms with van der Waals surface area (Å²) in [7, 11) is 0. The number of halogens is 1. The van der Waals surface area contributed by atoms with Gasteiger partial charge in [-0.25, -0.2) is 0 Å². The van der Waals surface area contributed by atoms with E-state index in [1.54, 1.807) is 6.26 Å². The summed E-state index contributed by atoms with van der Waals surface area (Å²) >= 11 is 3.41. The fourth-order valence-electron chi connectivity index (χ4n) is 0.631. The maximum Gasteiger partial charge on any atom is 0.124 e. The molecular formula is C6H8BrNO. The van der Waals surface area contributed by atoms with Gasteiger partial charge in [0.05, 0.1) is 5.69 Å². The molecule has 9 heavy (non-hydrogen) atoms. The third kappa shape index (κ3) is 2.18. The van der Waals surface area contributed by atoms with E-state index in [2.05, 4.69) is 32.5 Å². The lowest BCUT2D eigenvalue weighted by Gasteiger charge is -1.94. The minimum absolute atomic E-state index is 0.475. The van der Waals surface area contributed by atoms with E-state index in [1.165, 1.54) is 0 Å². The molecule has 0 amide bonds. The Kier molecular flexibility index (Phi) is 2.28. The van der Waals surface area contributed by atoms with E-state index in [4.69, 9.17) is 0 Å². The van der Waals surface area contributed by atoms with E-state index < -0.39 is 0 Å². The van der Waals surface area contributed by atoms with Crippen molar-refractivity contribution in [3.63, 3.8) is 0 Å². The van der Waals surface area contributed by atoms with Crippen molar-refractivity contribution in [1.29, 1.82) is 0 Å². The maximum absolute atomic E-state index is 4.64. The van der Waals surface area contributed by atoms with Gasteiger partial charge in [0.25, 0.3) is 0 Å². The maximum atomic E-state index is 4.64. The molecule has 1 aromatic heterocycles. The molecule has 0 aromatic carbocycles. The number of hydrogen-bond acceptors (Lipinski definition) is 2. The van der Waals surface area contributed by atoms with Gasteiger partial charge >= 0.3 is 0 Å². The van der Waals surface area contributed by atoms with Crippen LogP contribution in [0.1, 0.15) is 12.6 Å². The van der Waals surface area contributed by atoms with Crippen LogP contribution in [0.25, 0.3) is 0 Å². The Bertz CT molecular complexity index is 160. The SMILES string of the molecule is CC(Br)Cc1ccon1. The van der Waals surface area contributed by atoms with Crippen molar-refractivity contribution in [3.05, 3.63) is 18.0 Å². The van der Waals surface area contributed by atoms with Crippen molar-refractivity contribution >= 4 is 15.9 Å². The van der Waals surface area contributed by atoms with E-state index in [1.807, 2.05) is 6.07 Å². The first kappa shape index (κ1) is 6.81. The molecule has 0 aliphatic heterocycles. The molecule has 0 radical (unpaired) electrons. The van der Waals surface area contributed by atoms with Gasteiger partial charge in [-0.05, 0) is 0 Å². The standard InChI is InChI=1S/C6H8BrNO/c1-5(7)4-6-2-3-9-8-6/h2-3,5H,4H2,1H3. The average Bonchev–Trinajstić information content (AvgIpc) is 2.15. The molecule has 1 rings (SSSR count). The average molecular weight is 190 g/mol. The molecule has 0 saturated carbocycles. The number of nitrogens with zero attached hydrogens (tertiary/aromatic N) is 1. The predicted molar refractivity (Wildman–Crippen MR) is 38.6 cm³/mol. The molecule has 1 atom stereocenters. The Labute approximate surface area is 62.4 Å². The fourth-order valence-corrected chi connectivity index (χ4v) is 0.963. The van der Waals surface area contributed by atoms with Crippen LogP contribution < -0.4 is 0 Å². The molecule has 0 aliphatic carbocycles. The van der Waals surface area contributed by atoms with E-state index >= 15 is 0 Å². The van der Waals surface area contributed by atoms with Crippen molar-refractivity contribution in [1.82, 2.24) is 5.16 Å². The first-order valence-electron chi connectivity index (χ1n) is 2.82. The van der Waals surface area contributed by atoms with Crippen LogP contribution in [0.5, 0.6) is 0 Å². The highest BCUT2D eigenvalue weighted by molar-refractivity contribution is 9.09. The topological polar surface area (TPSA) is 26.0 Å². The molecule has 0 saturated heterocycles. The Balaban J connectivity index is 2.48. The molecule has 1 heterocycles.